The number of carbonyl (C=O) groups excluding carboxylic acids is 2. The number of aryl methyl sites for hydroxylation is 1. The number of allylic oxidation sites excluding steroid dienone is 2. The first-order chi connectivity index (χ1) is 12.5. The Balaban J connectivity index is 1.36. The van der Waals surface area contributed by atoms with E-state index in [4.69, 9.17) is 4.74 Å². The highest BCUT2D eigenvalue weighted by Crippen LogP contribution is 2.41. The second kappa shape index (κ2) is 6.49. The number of rotatable bonds is 2. The van der Waals surface area contributed by atoms with Gasteiger partial charge in [0.1, 0.15) is 6.61 Å². The van der Waals surface area contributed by atoms with Crippen LogP contribution in [0, 0.1) is 12.3 Å². The Morgan fingerprint density at radius 3 is 2.88 bits per heavy atom. The molecule has 3 heterocycles. The minimum atomic E-state index is -0.305. The highest BCUT2D eigenvalue weighted by atomic mass is 16.6. The molecule has 0 unspecified atom stereocenters. The third kappa shape index (κ3) is 3.17. The number of hydrogen-bond acceptors (Lipinski definition) is 4. The molecule has 0 atom stereocenters. The van der Waals surface area contributed by atoms with Crippen molar-refractivity contribution < 1.29 is 14.3 Å². The number of fused-ring (bicyclic) bond motifs is 1. The lowest BCUT2D eigenvalue weighted by molar-refractivity contribution is 0.0492. The topological polar surface area (TPSA) is 64.4 Å². The van der Waals surface area contributed by atoms with Crippen LogP contribution in [-0.4, -0.2) is 46.4 Å². The molecule has 1 aliphatic carbocycles. The fourth-order valence-corrected chi connectivity index (χ4v) is 3.96. The first-order valence-corrected chi connectivity index (χ1v) is 8.92. The lowest BCUT2D eigenvalue weighted by Crippen LogP contribution is -2.47. The molecule has 6 heteroatoms. The van der Waals surface area contributed by atoms with Crippen LogP contribution in [0.4, 0.5) is 4.79 Å². The number of amides is 1. The predicted octanol–water partition coefficient (Wildman–Crippen LogP) is 2.80. The first kappa shape index (κ1) is 16.6. The van der Waals surface area contributed by atoms with Crippen molar-refractivity contribution in [3.63, 3.8) is 0 Å². The zero-order valence-corrected chi connectivity index (χ0v) is 14.8. The van der Waals surface area contributed by atoms with E-state index in [2.05, 4.69) is 16.6 Å². The highest BCUT2D eigenvalue weighted by molar-refractivity contribution is 5.81. The molecule has 1 saturated heterocycles. The van der Waals surface area contributed by atoms with Crippen molar-refractivity contribution in [1.82, 2.24) is 14.7 Å². The summed E-state index contributed by atoms with van der Waals surface area (Å²) in [5.74, 6) is 0.0613. The van der Waals surface area contributed by atoms with Gasteiger partial charge in [0.2, 0.25) is 5.91 Å². The van der Waals surface area contributed by atoms with Gasteiger partial charge in [-0.25, -0.2) is 9.48 Å². The zero-order chi connectivity index (χ0) is 18.1. The minimum Gasteiger partial charge on any atom is -0.444 e. The van der Waals surface area contributed by atoms with Crippen LogP contribution in [0.5, 0.6) is 0 Å². The summed E-state index contributed by atoms with van der Waals surface area (Å²) in [5.41, 5.74) is 8.38. The van der Waals surface area contributed by atoms with E-state index in [0.29, 0.717) is 19.5 Å². The smallest absolute Gasteiger partial charge is 0.410 e. The third-order valence-corrected chi connectivity index (χ3v) is 5.37. The lowest BCUT2D eigenvalue weighted by Gasteiger charge is -2.43. The summed E-state index contributed by atoms with van der Waals surface area (Å²) in [5, 5.41) is 4.28. The van der Waals surface area contributed by atoms with Crippen molar-refractivity contribution in [3.05, 3.63) is 52.7 Å². The van der Waals surface area contributed by atoms with Crippen LogP contribution in [0.1, 0.15) is 35.4 Å². The quantitative estimate of drug-likeness (QED) is 0.769. The maximum absolute atomic E-state index is 12.4. The molecule has 0 saturated carbocycles. The third-order valence-electron chi connectivity index (χ3n) is 5.37. The van der Waals surface area contributed by atoms with Gasteiger partial charge in [0.15, 0.2) is 0 Å². The fourth-order valence-electron chi connectivity index (χ4n) is 3.96. The fraction of sp³-hybridized carbons (Fsp3) is 0.450. The normalized spacial score (nSPS) is 20.3. The van der Waals surface area contributed by atoms with Gasteiger partial charge in [-0.05, 0) is 49.8 Å². The Hall–Kier alpha value is -2.81. The van der Waals surface area contributed by atoms with Crippen LogP contribution in [0.25, 0.3) is 0 Å². The molecule has 134 valence electrons. The molecule has 3 aliphatic rings. The Labute approximate surface area is 152 Å². The maximum atomic E-state index is 12.4. The number of ether oxygens (including phenoxy) is 1. The van der Waals surface area contributed by atoms with Gasteiger partial charge in [0, 0.05) is 30.8 Å². The van der Waals surface area contributed by atoms with Crippen molar-refractivity contribution >= 4 is 12.0 Å². The summed E-state index contributed by atoms with van der Waals surface area (Å²) in [7, 11) is 0. The van der Waals surface area contributed by atoms with Crippen molar-refractivity contribution in [2.24, 2.45) is 5.41 Å². The van der Waals surface area contributed by atoms with Crippen molar-refractivity contribution in [3.8, 4) is 0 Å². The number of hydrogen-bond donors (Lipinski definition) is 0. The molecular formula is C20H21N3O3. The lowest BCUT2D eigenvalue weighted by atomic mass is 9.70. The van der Waals surface area contributed by atoms with E-state index in [1.54, 1.807) is 15.7 Å². The van der Waals surface area contributed by atoms with Crippen LogP contribution in [0.2, 0.25) is 0 Å². The van der Waals surface area contributed by atoms with Crippen molar-refractivity contribution in [1.29, 1.82) is 0 Å². The summed E-state index contributed by atoms with van der Waals surface area (Å²) < 4.78 is 6.93. The SMILES string of the molecule is Cc1cc2n(n1)C(=O)CC1(CCN(C(=O)OCC3=C=C=CC=C3)CC1)C2. The molecule has 1 aromatic rings. The second-order valence-electron chi connectivity index (χ2n) is 7.30. The molecule has 0 N–H and O–H groups in total. The van der Waals surface area contributed by atoms with Gasteiger partial charge in [-0.3, -0.25) is 4.79 Å². The predicted molar refractivity (Wildman–Crippen MR) is 94.7 cm³/mol. The highest BCUT2D eigenvalue weighted by Gasteiger charge is 2.42. The van der Waals surface area contributed by atoms with E-state index < -0.39 is 0 Å². The van der Waals surface area contributed by atoms with E-state index in [1.165, 1.54) is 0 Å². The van der Waals surface area contributed by atoms with Gasteiger partial charge in [0.25, 0.3) is 0 Å². The molecule has 1 amide bonds. The zero-order valence-electron chi connectivity index (χ0n) is 14.8. The van der Waals surface area contributed by atoms with E-state index in [1.807, 2.05) is 25.1 Å². The summed E-state index contributed by atoms with van der Waals surface area (Å²) in [4.78, 5) is 26.5. The number of aromatic nitrogens is 2. The van der Waals surface area contributed by atoms with Crippen molar-refractivity contribution in [2.75, 3.05) is 19.7 Å². The molecule has 0 radical (unpaired) electrons. The Kier molecular flexibility index (Phi) is 4.15. The number of nitrogens with zero attached hydrogens (tertiary/aromatic N) is 3. The Morgan fingerprint density at radius 1 is 1.35 bits per heavy atom. The van der Waals surface area contributed by atoms with Gasteiger partial charge in [-0.15, -0.1) is 0 Å². The van der Waals surface area contributed by atoms with E-state index in [9.17, 15) is 9.59 Å². The average molecular weight is 351 g/mol. The number of piperidine rings is 1. The van der Waals surface area contributed by atoms with Crippen LogP contribution in [0.3, 0.4) is 0 Å². The first-order valence-electron chi connectivity index (χ1n) is 8.92. The van der Waals surface area contributed by atoms with Gasteiger partial charge in [-0.1, -0.05) is 17.5 Å². The van der Waals surface area contributed by atoms with Crippen LogP contribution < -0.4 is 0 Å². The molecule has 1 aromatic heterocycles. The maximum Gasteiger partial charge on any atom is 0.410 e. The molecule has 1 spiro atoms. The second-order valence-corrected chi connectivity index (χ2v) is 7.30. The minimum absolute atomic E-state index is 0.0570. The number of carbonyl (C=O) groups is 2. The standard InChI is InChI=1S/C20H21N3O3/c1-15-11-17-12-20(13-18(24)23(17)21-15)7-9-22(10-8-20)19(25)26-14-16-5-3-2-4-6-16/h2-3,5,11H,7-10,12-14H2,1H3. The number of likely N-dealkylation sites (tertiary alicyclic amines) is 1. The molecule has 26 heavy (non-hydrogen) atoms. The van der Waals surface area contributed by atoms with Crippen molar-refractivity contribution in [2.45, 2.75) is 32.6 Å². The molecule has 4 rings (SSSR count). The largest absolute Gasteiger partial charge is 0.444 e. The van der Waals surface area contributed by atoms with E-state index >= 15 is 0 Å². The molecule has 6 nitrogen and oxygen atoms in total. The molecular weight excluding hydrogens is 330 g/mol. The monoisotopic (exact) mass is 351 g/mol. The van der Waals surface area contributed by atoms with Gasteiger partial charge < -0.3 is 9.64 Å². The van der Waals surface area contributed by atoms with Crippen LogP contribution >= 0.6 is 0 Å². The van der Waals surface area contributed by atoms with E-state index in [-0.39, 0.29) is 24.0 Å². The van der Waals surface area contributed by atoms with Gasteiger partial charge >= 0.3 is 6.09 Å². The van der Waals surface area contributed by atoms with Crippen LogP contribution in [-0.2, 0) is 11.2 Å². The van der Waals surface area contributed by atoms with Gasteiger partial charge in [0.05, 0.1) is 5.69 Å². The summed E-state index contributed by atoms with van der Waals surface area (Å²) in [6.45, 7) is 3.34. The average Bonchev–Trinajstić information content (AvgIpc) is 3.02. The molecule has 0 bridgehead atoms. The van der Waals surface area contributed by atoms with Gasteiger partial charge in [-0.2, -0.15) is 5.10 Å². The Bertz CT molecular complexity index is 887. The molecule has 1 fully saturated rings. The molecule has 0 aromatic carbocycles. The van der Waals surface area contributed by atoms with Crippen LogP contribution in [0.15, 0.2) is 41.3 Å². The molecule has 2 aliphatic heterocycles. The Morgan fingerprint density at radius 2 is 2.15 bits per heavy atom. The summed E-state index contributed by atoms with van der Waals surface area (Å²) >= 11 is 0. The van der Waals surface area contributed by atoms with E-state index in [0.717, 1.165) is 36.2 Å². The summed E-state index contributed by atoms with van der Waals surface area (Å²) in [6.07, 6.45) is 8.11. The summed E-state index contributed by atoms with van der Waals surface area (Å²) in [6, 6.07) is 1.99.